The van der Waals surface area contributed by atoms with Crippen molar-refractivity contribution < 1.29 is 9.50 Å². The number of hydrogen-bond acceptors (Lipinski definition) is 2. The van der Waals surface area contributed by atoms with Crippen LogP contribution in [0, 0.1) is 5.82 Å². The Morgan fingerprint density at radius 1 is 1.53 bits per heavy atom. The number of nitrogens with zero attached hydrogens (tertiary/aromatic N) is 1. The second kappa shape index (κ2) is 5.05. The van der Waals surface area contributed by atoms with Gasteiger partial charge in [0.1, 0.15) is 5.82 Å². The average molecular weight is 237 g/mol. The Bertz CT molecular complexity index is 392. The first-order valence-electron chi connectivity index (χ1n) is 6.37. The van der Waals surface area contributed by atoms with E-state index >= 15 is 0 Å². The molecule has 2 atom stereocenters. The standard InChI is InChI=1S/C14H20FNO/c1-3-12-5-4-8-16(12)14-7-6-11(10(2)17)9-13(14)15/h6-7,9-10,12,17H,3-5,8H2,1-2H3/t10-,12?/m1/s1. The van der Waals surface area contributed by atoms with Crippen molar-refractivity contribution in [3.8, 4) is 0 Å². The van der Waals surface area contributed by atoms with Gasteiger partial charge in [0.05, 0.1) is 11.8 Å². The van der Waals surface area contributed by atoms with E-state index in [0.29, 0.717) is 17.3 Å². The minimum atomic E-state index is -0.612. The number of aliphatic hydroxyl groups excluding tert-OH is 1. The first-order valence-corrected chi connectivity index (χ1v) is 6.37. The van der Waals surface area contributed by atoms with Crippen molar-refractivity contribution in [2.24, 2.45) is 0 Å². The van der Waals surface area contributed by atoms with Crippen LogP contribution in [0.25, 0.3) is 0 Å². The molecule has 1 aromatic rings. The highest BCUT2D eigenvalue weighted by Gasteiger charge is 2.25. The molecule has 0 bridgehead atoms. The lowest BCUT2D eigenvalue weighted by atomic mass is 10.1. The summed E-state index contributed by atoms with van der Waals surface area (Å²) < 4.78 is 14.0. The third kappa shape index (κ3) is 2.44. The maximum Gasteiger partial charge on any atom is 0.146 e. The maximum absolute atomic E-state index is 14.0. The highest BCUT2D eigenvalue weighted by Crippen LogP contribution is 2.30. The minimum absolute atomic E-state index is 0.219. The van der Waals surface area contributed by atoms with Crippen LogP contribution in [0.5, 0.6) is 0 Å². The SMILES string of the molecule is CCC1CCCN1c1ccc([C@@H](C)O)cc1F. The molecule has 1 saturated heterocycles. The molecular weight excluding hydrogens is 217 g/mol. The Morgan fingerprint density at radius 3 is 2.88 bits per heavy atom. The third-order valence-corrected chi connectivity index (χ3v) is 3.61. The molecule has 1 aromatic carbocycles. The van der Waals surface area contributed by atoms with E-state index in [0.717, 1.165) is 25.8 Å². The Morgan fingerprint density at radius 2 is 2.29 bits per heavy atom. The van der Waals surface area contributed by atoms with Crippen molar-refractivity contribution in [1.82, 2.24) is 0 Å². The van der Waals surface area contributed by atoms with Gasteiger partial charge in [-0.2, -0.15) is 0 Å². The van der Waals surface area contributed by atoms with Gasteiger partial charge in [-0.25, -0.2) is 4.39 Å². The van der Waals surface area contributed by atoms with E-state index in [1.807, 2.05) is 6.07 Å². The van der Waals surface area contributed by atoms with Crippen molar-refractivity contribution in [3.05, 3.63) is 29.6 Å². The van der Waals surface area contributed by atoms with Crippen LogP contribution in [0.2, 0.25) is 0 Å². The fraction of sp³-hybridized carbons (Fsp3) is 0.571. The molecule has 1 N–H and O–H groups in total. The van der Waals surface area contributed by atoms with Crippen LogP contribution in [0.15, 0.2) is 18.2 Å². The predicted molar refractivity (Wildman–Crippen MR) is 67.7 cm³/mol. The zero-order chi connectivity index (χ0) is 12.4. The zero-order valence-corrected chi connectivity index (χ0v) is 10.5. The largest absolute Gasteiger partial charge is 0.389 e. The lowest BCUT2D eigenvalue weighted by Gasteiger charge is -2.26. The second-order valence-electron chi connectivity index (χ2n) is 4.78. The molecule has 1 aliphatic heterocycles. The van der Waals surface area contributed by atoms with Crippen LogP contribution in [0.1, 0.15) is 44.8 Å². The number of halogens is 1. The molecule has 0 radical (unpaired) electrons. The summed E-state index contributed by atoms with van der Waals surface area (Å²) in [6, 6.07) is 5.52. The predicted octanol–water partition coefficient (Wildman–Crippen LogP) is 3.26. The smallest absolute Gasteiger partial charge is 0.146 e. The third-order valence-electron chi connectivity index (χ3n) is 3.61. The van der Waals surface area contributed by atoms with Gasteiger partial charge >= 0.3 is 0 Å². The van der Waals surface area contributed by atoms with Crippen molar-refractivity contribution in [1.29, 1.82) is 0 Å². The lowest BCUT2D eigenvalue weighted by molar-refractivity contribution is 0.199. The fourth-order valence-corrected chi connectivity index (χ4v) is 2.59. The van der Waals surface area contributed by atoms with Gasteiger partial charge < -0.3 is 10.0 Å². The van der Waals surface area contributed by atoms with E-state index in [2.05, 4.69) is 11.8 Å². The first-order chi connectivity index (χ1) is 8.13. The van der Waals surface area contributed by atoms with E-state index < -0.39 is 6.10 Å². The molecule has 2 nitrogen and oxygen atoms in total. The number of anilines is 1. The summed E-state index contributed by atoms with van der Waals surface area (Å²) in [5, 5.41) is 9.42. The molecule has 0 aromatic heterocycles. The quantitative estimate of drug-likeness (QED) is 0.872. The molecule has 2 rings (SSSR count). The van der Waals surface area contributed by atoms with Gasteiger partial charge in [-0.15, -0.1) is 0 Å². The van der Waals surface area contributed by atoms with E-state index in [4.69, 9.17) is 0 Å². The Labute approximate surface area is 102 Å². The summed E-state index contributed by atoms with van der Waals surface area (Å²) in [6.07, 6.45) is 2.72. The molecule has 0 amide bonds. The molecule has 1 heterocycles. The van der Waals surface area contributed by atoms with Gasteiger partial charge in [0.25, 0.3) is 0 Å². The highest BCUT2D eigenvalue weighted by molar-refractivity contribution is 5.51. The molecule has 0 aliphatic carbocycles. The summed E-state index contributed by atoms with van der Waals surface area (Å²) in [5.74, 6) is -0.219. The molecule has 0 spiro atoms. The van der Waals surface area contributed by atoms with Gasteiger partial charge in [-0.05, 0) is 43.9 Å². The van der Waals surface area contributed by atoms with E-state index in [1.165, 1.54) is 6.07 Å². The van der Waals surface area contributed by atoms with Gasteiger partial charge in [-0.1, -0.05) is 13.0 Å². The van der Waals surface area contributed by atoms with Gasteiger partial charge in [0.2, 0.25) is 0 Å². The summed E-state index contributed by atoms with van der Waals surface area (Å²) in [5.41, 5.74) is 1.32. The van der Waals surface area contributed by atoms with Crippen molar-refractivity contribution in [2.45, 2.75) is 45.3 Å². The van der Waals surface area contributed by atoms with Crippen molar-refractivity contribution in [3.63, 3.8) is 0 Å². The lowest BCUT2D eigenvalue weighted by Crippen LogP contribution is -2.29. The molecule has 0 saturated carbocycles. The number of benzene rings is 1. The minimum Gasteiger partial charge on any atom is -0.389 e. The van der Waals surface area contributed by atoms with Crippen LogP contribution in [-0.2, 0) is 0 Å². The Hall–Kier alpha value is -1.09. The molecule has 1 aliphatic rings. The monoisotopic (exact) mass is 237 g/mol. The molecule has 17 heavy (non-hydrogen) atoms. The summed E-state index contributed by atoms with van der Waals surface area (Å²) >= 11 is 0. The Kier molecular flexibility index (Phi) is 3.67. The summed E-state index contributed by atoms with van der Waals surface area (Å²) in [7, 11) is 0. The maximum atomic E-state index is 14.0. The highest BCUT2D eigenvalue weighted by atomic mass is 19.1. The van der Waals surface area contributed by atoms with Gasteiger partial charge in [0.15, 0.2) is 0 Å². The first kappa shape index (κ1) is 12.4. The molecule has 3 heteroatoms. The van der Waals surface area contributed by atoms with E-state index in [-0.39, 0.29) is 5.82 Å². The summed E-state index contributed by atoms with van der Waals surface area (Å²) in [4.78, 5) is 2.15. The molecule has 1 fully saturated rings. The van der Waals surface area contributed by atoms with Crippen LogP contribution >= 0.6 is 0 Å². The fourth-order valence-electron chi connectivity index (χ4n) is 2.59. The molecule has 1 unspecified atom stereocenters. The molecule has 94 valence electrons. The van der Waals surface area contributed by atoms with Gasteiger partial charge in [0, 0.05) is 12.6 Å². The van der Waals surface area contributed by atoms with Crippen LogP contribution in [-0.4, -0.2) is 17.7 Å². The number of hydrogen-bond donors (Lipinski definition) is 1. The van der Waals surface area contributed by atoms with E-state index in [1.54, 1.807) is 13.0 Å². The Balaban J connectivity index is 2.27. The topological polar surface area (TPSA) is 23.5 Å². The van der Waals surface area contributed by atoms with Crippen LogP contribution in [0.3, 0.4) is 0 Å². The normalized spacial score (nSPS) is 21.9. The van der Waals surface area contributed by atoms with Crippen LogP contribution in [0.4, 0.5) is 10.1 Å². The second-order valence-corrected chi connectivity index (χ2v) is 4.78. The summed E-state index contributed by atoms with van der Waals surface area (Å²) in [6.45, 7) is 4.73. The average Bonchev–Trinajstić information content (AvgIpc) is 2.76. The number of rotatable bonds is 3. The zero-order valence-electron chi connectivity index (χ0n) is 10.5. The van der Waals surface area contributed by atoms with Gasteiger partial charge in [-0.3, -0.25) is 0 Å². The number of aliphatic hydroxyl groups is 1. The molecular formula is C14H20FNO. The van der Waals surface area contributed by atoms with Crippen molar-refractivity contribution in [2.75, 3.05) is 11.4 Å². The van der Waals surface area contributed by atoms with Crippen molar-refractivity contribution >= 4 is 5.69 Å². The van der Waals surface area contributed by atoms with Crippen LogP contribution < -0.4 is 4.90 Å². The van der Waals surface area contributed by atoms with E-state index in [9.17, 15) is 9.50 Å².